The van der Waals surface area contributed by atoms with Gasteiger partial charge >= 0.3 is 0 Å². The van der Waals surface area contributed by atoms with E-state index in [1.54, 1.807) is 6.08 Å². The topological polar surface area (TPSA) is 77.6 Å². The summed E-state index contributed by atoms with van der Waals surface area (Å²) in [6.45, 7) is 1.42. The van der Waals surface area contributed by atoms with Gasteiger partial charge in [0.25, 0.3) is 0 Å². The summed E-state index contributed by atoms with van der Waals surface area (Å²) < 4.78 is 16.9. The summed E-state index contributed by atoms with van der Waals surface area (Å²) in [6, 6.07) is 15.0. The summed E-state index contributed by atoms with van der Waals surface area (Å²) in [6.07, 6.45) is 3.79. The Bertz CT molecular complexity index is 702. The number of nitrogens with one attached hydrogen (secondary N) is 1. The summed E-state index contributed by atoms with van der Waals surface area (Å²) in [4.78, 5) is 0. The van der Waals surface area contributed by atoms with Gasteiger partial charge in [0.2, 0.25) is 0 Å². The molecule has 1 heterocycles. The molecular weight excluding hydrogens is 304 g/mol. The summed E-state index contributed by atoms with van der Waals surface area (Å²) in [5.41, 5.74) is 7.24. The van der Waals surface area contributed by atoms with Gasteiger partial charge in [-0.05, 0) is 60.2 Å². The molecule has 3 N–H and O–H groups in total. The van der Waals surface area contributed by atoms with Crippen molar-refractivity contribution in [3.8, 4) is 17.2 Å². The molecule has 0 saturated carbocycles. The zero-order valence-electron chi connectivity index (χ0n) is 13.3. The predicted molar refractivity (Wildman–Crippen MR) is 93.8 cm³/mol. The van der Waals surface area contributed by atoms with Gasteiger partial charge in [-0.3, -0.25) is 0 Å². The molecule has 124 valence electrons. The Hall–Kier alpha value is -2.79. The molecule has 1 saturated heterocycles. The van der Waals surface area contributed by atoms with Crippen molar-refractivity contribution in [2.45, 2.75) is 12.5 Å². The third kappa shape index (κ3) is 4.14. The molecule has 1 atom stereocenters. The maximum atomic E-state index is 7.04. The van der Waals surface area contributed by atoms with Crippen LogP contribution in [0.4, 0.5) is 0 Å². The van der Waals surface area contributed by atoms with Crippen LogP contribution in [0.15, 0.2) is 54.6 Å². The van der Waals surface area contributed by atoms with Crippen molar-refractivity contribution in [3.05, 3.63) is 60.2 Å². The van der Waals surface area contributed by atoms with Gasteiger partial charge in [-0.2, -0.15) is 0 Å². The van der Waals surface area contributed by atoms with E-state index in [2.05, 4.69) is 0 Å². The first-order valence-electron chi connectivity index (χ1n) is 7.83. The second-order valence-corrected chi connectivity index (χ2v) is 5.49. The molecule has 2 aromatic rings. The highest BCUT2D eigenvalue weighted by atomic mass is 16.5. The van der Waals surface area contributed by atoms with Crippen LogP contribution < -0.4 is 15.2 Å². The van der Waals surface area contributed by atoms with Gasteiger partial charge in [0.05, 0.1) is 13.2 Å². The molecular formula is C19H20N2O3. The van der Waals surface area contributed by atoms with Crippen LogP contribution in [-0.4, -0.2) is 25.5 Å². The summed E-state index contributed by atoms with van der Waals surface area (Å²) >= 11 is 0. The fraction of sp³-hybridized carbons (Fsp3) is 0.211. The molecule has 0 aliphatic carbocycles. The lowest BCUT2D eigenvalue weighted by Crippen LogP contribution is -2.15. The quantitative estimate of drug-likeness (QED) is 0.796. The first-order valence-corrected chi connectivity index (χ1v) is 7.83. The van der Waals surface area contributed by atoms with Crippen LogP contribution in [0.2, 0.25) is 0 Å². The van der Waals surface area contributed by atoms with Crippen molar-refractivity contribution in [1.82, 2.24) is 0 Å². The lowest BCUT2D eigenvalue weighted by molar-refractivity contribution is 0.141. The molecule has 1 fully saturated rings. The molecule has 0 radical (unpaired) electrons. The van der Waals surface area contributed by atoms with Crippen molar-refractivity contribution >= 4 is 11.9 Å². The van der Waals surface area contributed by atoms with Crippen LogP contribution in [0.3, 0.4) is 0 Å². The largest absolute Gasteiger partial charge is 0.488 e. The highest BCUT2D eigenvalue weighted by Crippen LogP contribution is 2.26. The number of ether oxygens (including phenoxy) is 3. The highest BCUT2D eigenvalue weighted by Gasteiger charge is 2.16. The Morgan fingerprint density at radius 2 is 1.67 bits per heavy atom. The van der Waals surface area contributed by atoms with Crippen molar-refractivity contribution in [1.29, 1.82) is 5.41 Å². The van der Waals surface area contributed by atoms with Gasteiger partial charge < -0.3 is 25.4 Å². The zero-order chi connectivity index (χ0) is 16.8. The van der Waals surface area contributed by atoms with Gasteiger partial charge in [-0.15, -0.1) is 0 Å². The Morgan fingerprint density at radius 1 is 1.04 bits per heavy atom. The van der Waals surface area contributed by atoms with E-state index in [1.165, 1.54) is 6.21 Å². The number of allylic oxidation sites excluding steroid dienone is 1. The minimum Gasteiger partial charge on any atom is -0.488 e. The van der Waals surface area contributed by atoms with Crippen LogP contribution in [0.5, 0.6) is 17.2 Å². The lowest BCUT2D eigenvalue weighted by Gasteiger charge is -2.12. The number of hydrogen-bond donors (Lipinski definition) is 2. The molecule has 2 aromatic carbocycles. The lowest BCUT2D eigenvalue weighted by atomic mass is 10.1. The molecule has 1 aliphatic heterocycles. The molecule has 5 nitrogen and oxygen atoms in total. The molecule has 24 heavy (non-hydrogen) atoms. The van der Waals surface area contributed by atoms with Crippen LogP contribution in [-0.2, 0) is 4.74 Å². The molecule has 5 heteroatoms. The molecule has 0 bridgehead atoms. The third-order valence-electron chi connectivity index (χ3n) is 3.70. The molecule has 0 aromatic heterocycles. The Labute approximate surface area is 141 Å². The summed E-state index contributed by atoms with van der Waals surface area (Å²) in [7, 11) is 0. The molecule has 0 unspecified atom stereocenters. The van der Waals surface area contributed by atoms with E-state index in [4.69, 9.17) is 25.4 Å². The van der Waals surface area contributed by atoms with Crippen molar-refractivity contribution < 1.29 is 14.2 Å². The van der Waals surface area contributed by atoms with Gasteiger partial charge in [0.15, 0.2) is 0 Å². The van der Waals surface area contributed by atoms with E-state index in [0.717, 1.165) is 35.8 Å². The normalized spacial score (nSPS) is 17.5. The minimum atomic E-state index is 0.142. The second kappa shape index (κ2) is 7.66. The summed E-state index contributed by atoms with van der Waals surface area (Å²) in [5, 5.41) is 7.04. The van der Waals surface area contributed by atoms with E-state index < -0.39 is 0 Å². The fourth-order valence-electron chi connectivity index (χ4n) is 2.42. The van der Waals surface area contributed by atoms with Gasteiger partial charge in [0.1, 0.15) is 23.4 Å². The molecule has 3 rings (SSSR count). The second-order valence-electron chi connectivity index (χ2n) is 5.49. The monoisotopic (exact) mass is 324 g/mol. The smallest absolute Gasteiger partial charge is 0.127 e. The highest BCUT2D eigenvalue weighted by molar-refractivity contribution is 5.81. The van der Waals surface area contributed by atoms with Crippen LogP contribution in [0.25, 0.3) is 5.70 Å². The van der Waals surface area contributed by atoms with Crippen LogP contribution >= 0.6 is 0 Å². The van der Waals surface area contributed by atoms with Crippen molar-refractivity contribution in [3.63, 3.8) is 0 Å². The Balaban J connectivity index is 1.61. The van der Waals surface area contributed by atoms with E-state index in [1.807, 2.05) is 48.5 Å². The number of rotatable bonds is 6. The van der Waals surface area contributed by atoms with Gasteiger partial charge in [0, 0.05) is 18.3 Å². The fourth-order valence-corrected chi connectivity index (χ4v) is 2.42. The maximum absolute atomic E-state index is 7.04. The summed E-state index contributed by atoms with van der Waals surface area (Å²) in [5.74, 6) is 2.28. The first kappa shape index (κ1) is 16.1. The molecule has 1 aliphatic rings. The Morgan fingerprint density at radius 3 is 2.25 bits per heavy atom. The van der Waals surface area contributed by atoms with Crippen LogP contribution in [0.1, 0.15) is 12.0 Å². The SMILES string of the molecule is N=C/C=C(\N)c1ccc(Oc2ccc(O[C@@H]3CCOC3)cc2)cc1. The van der Waals surface area contributed by atoms with E-state index in [-0.39, 0.29) is 6.10 Å². The predicted octanol–water partition coefficient (Wildman–Crippen LogP) is 3.60. The maximum Gasteiger partial charge on any atom is 0.127 e. The minimum absolute atomic E-state index is 0.142. The molecule has 0 amide bonds. The van der Waals surface area contributed by atoms with Crippen molar-refractivity contribution in [2.24, 2.45) is 5.73 Å². The number of benzene rings is 2. The van der Waals surface area contributed by atoms with E-state index in [9.17, 15) is 0 Å². The molecule has 0 spiro atoms. The van der Waals surface area contributed by atoms with Crippen molar-refractivity contribution in [2.75, 3.05) is 13.2 Å². The van der Waals surface area contributed by atoms with Crippen LogP contribution in [0, 0.1) is 5.41 Å². The van der Waals surface area contributed by atoms with E-state index >= 15 is 0 Å². The van der Waals surface area contributed by atoms with E-state index in [0.29, 0.717) is 12.3 Å². The van der Waals surface area contributed by atoms with Gasteiger partial charge in [-0.25, -0.2) is 0 Å². The average Bonchev–Trinajstić information content (AvgIpc) is 3.10. The van der Waals surface area contributed by atoms with Gasteiger partial charge in [-0.1, -0.05) is 0 Å². The average molecular weight is 324 g/mol. The standard InChI is InChI=1S/C19H20N2O3/c20-11-9-19(21)14-1-3-15(4-2-14)23-16-5-7-17(8-6-16)24-18-10-12-22-13-18/h1-9,11,18,20H,10,12-13,21H2/b19-9-,20-11?/t18-/m1/s1. The number of hydrogen-bond acceptors (Lipinski definition) is 5. The third-order valence-corrected chi connectivity index (χ3v) is 3.70. The first-order chi connectivity index (χ1) is 11.7. The number of nitrogens with two attached hydrogens (primary N) is 1. The zero-order valence-corrected chi connectivity index (χ0v) is 13.3. The Kier molecular flexibility index (Phi) is 5.13.